The van der Waals surface area contributed by atoms with E-state index in [9.17, 15) is 13.2 Å². The number of ether oxygens (including phenoxy) is 1. The quantitative estimate of drug-likeness (QED) is 0.489. The van der Waals surface area contributed by atoms with Crippen LogP contribution in [-0.4, -0.2) is 38.5 Å². The van der Waals surface area contributed by atoms with Crippen molar-refractivity contribution in [2.75, 3.05) is 19.5 Å². The van der Waals surface area contributed by atoms with Gasteiger partial charge in [0.25, 0.3) is 10.1 Å². The van der Waals surface area contributed by atoms with E-state index in [4.69, 9.17) is 9.29 Å². The van der Waals surface area contributed by atoms with Crippen LogP contribution in [0.1, 0.15) is 34.1 Å². The number of carbonyl (C=O) groups excluding carboxylic acids is 1. The minimum atomic E-state index is -3.67. The molecule has 0 rings (SSSR count). The van der Waals surface area contributed by atoms with Crippen molar-refractivity contribution in [2.24, 2.45) is 11.8 Å². The van der Waals surface area contributed by atoms with Crippen molar-refractivity contribution in [3.8, 4) is 0 Å². The molecule has 0 aromatic heterocycles. The Morgan fingerprint density at radius 2 is 1.61 bits per heavy atom. The molecule has 0 spiro atoms. The highest BCUT2D eigenvalue weighted by Gasteiger charge is 2.14. The summed E-state index contributed by atoms with van der Waals surface area (Å²) >= 11 is 0. The Morgan fingerprint density at radius 1 is 1.28 bits per heavy atom. The van der Waals surface area contributed by atoms with Crippen molar-refractivity contribution in [3.05, 3.63) is 0 Å². The Balaban J connectivity index is -0.000000270. The summed E-state index contributed by atoms with van der Waals surface area (Å²) in [5.74, 6) is 0.547. The van der Waals surface area contributed by atoms with Crippen LogP contribution in [0, 0.1) is 11.8 Å². The molecule has 0 aromatic rings. The molecule has 0 saturated heterocycles. The minimum Gasteiger partial charge on any atom is -0.466 e. The lowest BCUT2D eigenvalue weighted by Gasteiger charge is -2.11. The summed E-state index contributed by atoms with van der Waals surface area (Å²) in [5.41, 5.74) is 0. The second kappa shape index (κ2) is 13.2. The Kier molecular flexibility index (Phi) is 16.9. The van der Waals surface area contributed by atoms with Crippen LogP contribution in [0.3, 0.4) is 0 Å². The molecule has 0 fully saturated rings. The van der Waals surface area contributed by atoms with E-state index < -0.39 is 10.1 Å². The van der Waals surface area contributed by atoms with E-state index in [-0.39, 0.29) is 11.9 Å². The number of hydrogen-bond donors (Lipinski definition) is 1. The second-order valence-corrected chi connectivity index (χ2v) is 5.48. The number of hydrogen-bond acceptors (Lipinski definition) is 4. The molecular formula is C11H27O5PS. The van der Waals surface area contributed by atoms with Crippen LogP contribution in [-0.2, 0) is 19.6 Å². The van der Waals surface area contributed by atoms with E-state index in [1.54, 1.807) is 0 Å². The van der Waals surface area contributed by atoms with Crippen LogP contribution in [0.4, 0.5) is 0 Å². The fourth-order valence-corrected chi connectivity index (χ4v) is 1.09. The third-order valence-corrected chi connectivity index (χ3v) is 1.51. The summed E-state index contributed by atoms with van der Waals surface area (Å²) in [5, 5.41) is 0. The first-order valence-electron chi connectivity index (χ1n) is 5.74. The van der Waals surface area contributed by atoms with Gasteiger partial charge in [0.15, 0.2) is 0 Å². The Labute approximate surface area is 114 Å². The first kappa shape index (κ1) is 22.9. The summed E-state index contributed by atoms with van der Waals surface area (Å²) in [6.45, 7) is 10.4. The Morgan fingerprint density at radius 3 is 1.83 bits per heavy atom. The maximum Gasteiger partial charge on any atom is 0.308 e. The Hall–Kier alpha value is -0.190. The lowest BCUT2D eigenvalue weighted by molar-refractivity contribution is -0.147. The molecular weight excluding hydrogens is 275 g/mol. The molecule has 0 aliphatic rings. The summed E-state index contributed by atoms with van der Waals surface area (Å²) in [6, 6.07) is 0. The molecule has 0 aliphatic carbocycles. The van der Waals surface area contributed by atoms with Crippen LogP contribution in [0.5, 0.6) is 0 Å². The van der Waals surface area contributed by atoms with Gasteiger partial charge in [0, 0.05) is 0 Å². The molecule has 0 aromatic carbocycles. The van der Waals surface area contributed by atoms with E-state index >= 15 is 0 Å². The van der Waals surface area contributed by atoms with Gasteiger partial charge in [0.2, 0.25) is 0 Å². The van der Waals surface area contributed by atoms with Crippen molar-refractivity contribution in [1.82, 2.24) is 0 Å². The molecule has 0 bridgehead atoms. The van der Waals surface area contributed by atoms with Gasteiger partial charge in [0.05, 0.1) is 18.8 Å². The molecule has 0 saturated carbocycles. The molecule has 0 heterocycles. The maximum atomic E-state index is 11.1. The van der Waals surface area contributed by atoms with Crippen molar-refractivity contribution in [3.63, 3.8) is 0 Å². The zero-order chi connectivity index (χ0) is 15.4. The molecule has 2 atom stereocenters. The van der Waals surface area contributed by atoms with Crippen molar-refractivity contribution < 1.29 is 22.5 Å². The van der Waals surface area contributed by atoms with Crippen molar-refractivity contribution >= 4 is 25.3 Å². The summed E-state index contributed by atoms with van der Waals surface area (Å²) in [7, 11) is -1.25. The second-order valence-electron chi connectivity index (χ2n) is 4.02. The predicted octanol–water partition coefficient (Wildman–Crippen LogP) is 2.23. The average molecular weight is 302 g/mol. The van der Waals surface area contributed by atoms with E-state index in [1.165, 1.54) is 0 Å². The normalized spacial score (nSPS) is 11.6. The molecule has 5 nitrogen and oxygen atoms in total. The van der Waals surface area contributed by atoms with Crippen molar-refractivity contribution in [1.29, 1.82) is 0 Å². The number of carbonyl (C=O) groups is 1. The van der Waals surface area contributed by atoms with Crippen LogP contribution in [0.25, 0.3) is 0 Å². The monoisotopic (exact) mass is 302 g/mol. The molecule has 112 valence electrons. The summed E-state index contributed by atoms with van der Waals surface area (Å²) < 4.78 is 30.7. The van der Waals surface area contributed by atoms with Gasteiger partial charge in [-0.1, -0.05) is 27.4 Å². The van der Waals surface area contributed by atoms with Gasteiger partial charge in [-0.15, -0.1) is 9.24 Å². The fraction of sp³-hybridized carbons (Fsp3) is 0.909. The largest absolute Gasteiger partial charge is 0.466 e. The van der Waals surface area contributed by atoms with Gasteiger partial charge < -0.3 is 4.74 Å². The van der Waals surface area contributed by atoms with Crippen LogP contribution in [0.15, 0.2) is 0 Å². The van der Waals surface area contributed by atoms with E-state index in [0.29, 0.717) is 18.8 Å². The zero-order valence-electron chi connectivity index (χ0n) is 12.1. The van der Waals surface area contributed by atoms with Crippen molar-refractivity contribution in [2.45, 2.75) is 34.1 Å². The van der Waals surface area contributed by atoms with Crippen LogP contribution < -0.4 is 0 Å². The van der Waals surface area contributed by atoms with Crippen LogP contribution >= 0.6 is 9.24 Å². The highest BCUT2D eigenvalue weighted by atomic mass is 32.2. The summed E-state index contributed by atoms with van der Waals surface area (Å²) in [6.07, 6.45) is 1.63. The fourth-order valence-electron chi connectivity index (χ4n) is 1.09. The first-order chi connectivity index (χ1) is 8.07. The molecule has 0 aliphatic heterocycles. The molecule has 0 radical (unpaired) electrons. The molecule has 0 amide bonds. The predicted molar refractivity (Wildman–Crippen MR) is 78.4 cm³/mol. The Bertz CT molecular complexity index is 280. The van der Waals surface area contributed by atoms with Gasteiger partial charge in [-0.05, 0) is 19.3 Å². The SMILES string of the molecule is CCOC(=O)C(C)CC(C)C.CP.CS(=O)(=O)O. The molecule has 1 N–H and O–H groups in total. The third-order valence-electron chi connectivity index (χ3n) is 1.51. The minimum absolute atomic E-state index is 0.0509. The first-order valence-corrected chi connectivity index (χ1v) is 8.75. The number of rotatable bonds is 4. The van der Waals surface area contributed by atoms with Crippen LogP contribution in [0.2, 0.25) is 0 Å². The lowest BCUT2D eigenvalue weighted by Crippen LogP contribution is -2.16. The highest BCUT2D eigenvalue weighted by Crippen LogP contribution is 2.11. The highest BCUT2D eigenvalue weighted by molar-refractivity contribution is 7.85. The maximum absolute atomic E-state index is 11.1. The molecule has 2 unspecified atom stereocenters. The summed E-state index contributed by atoms with van der Waals surface area (Å²) in [4.78, 5) is 11.1. The molecule has 7 heteroatoms. The van der Waals surface area contributed by atoms with Gasteiger partial charge in [-0.25, -0.2) is 0 Å². The van der Waals surface area contributed by atoms with E-state index in [2.05, 4.69) is 23.1 Å². The zero-order valence-corrected chi connectivity index (χ0v) is 14.1. The average Bonchev–Trinajstić information content (AvgIpc) is 2.17. The standard InChI is InChI=1S/C9H18O2.CH4O3S.CH5P/c1-5-11-9(10)8(4)6-7(2)3;1-5(2,3)4;1-2/h7-8H,5-6H2,1-4H3;1H3,(H,2,3,4);2H2,1H3. The van der Waals surface area contributed by atoms with Gasteiger partial charge in [-0.3, -0.25) is 9.35 Å². The lowest BCUT2D eigenvalue weighted by atomic mass is 9.99. The van der Waals surface area contributed by atoms with Gasteiger partial charge >= 0.3 is 5.97 Å². The van der Waals surface area contributed by atoms with Gasteiger partial charge in [-0.2, -0.15) is 8.42 Å². The number of esters is 1. The van der Waals surface area contributed by atoms with E-state index in [0.717, 1.165) is 6.42 Å². The van der Waals surface area contributed by atoms with E-state index in [1.807, 2.05) is 20.5 Å². The molecule has 18 heavy (non-hydrogen) atoms. The third kappa shape index (κ3) is 29.7. The van der Waals surface area contributed by atoms with Gasteiger partial charge in [0.1, 0.15) is 0 Å². The smallest absolute Gasteiger partial charge is 0.308 e. The topological polar surface area (TPSA) is 80.7 Å².